The van der Waals surface area contributed by atoms with Gasteiger partial charge in [0.1, 0.15) is 11.3 Å². The Bertz CT molecular complexity index is 1590. The fraction of sp³-hybridized carbons (Fsp3) is 0.276. The van der Waals surface area contributed by atoms with Crippen molar-refractivity contribution in [1.82, 2.24) is 10.2 Å². The molecule has 1 atom stereocenters. The Hall–Kier alpha value is -3.69. The fourth-order valence-corrected chi connectivity index (χ4v) is 5.87. The van der Waals surface area contributed by atoms with Gasteiger partial charge in [-0.3, -0.25) is 4.79 Å². The summed E-state index contributed by atoms with van der Waals surface area (Å²) < 4.78 is 11.9. The highest BCUT2D eigenvalue weighted by Crippen LogP contribution is 2.46. The van der Waals surface area contributed by atoms with Gasteiger partial charge in [-0.15, -0.1) is 0 Å². The first-order valence-electron chi connectivity index (χ1n) is 12.6. The Kier molecular flexibility index (Phi) is 6.41. The standard InChI is InChI=1S/C29H27BrN4O4/c1-17(31)18-6-7-24-19(12-18)13-26(37-24)28(35)34-16-20(15-30)27-22-5-3-2-4-21(22)25(14-23(27)34)38-29(36)33-10-8-32-9-11-33/h2-7,12-14,20,31-32H,8-11,15-16H2,1H3/t20-/m1/s1. The molecule has 4 aromatic rings. The molecule has 0 aliphatic carbocycles. The number of hydrogen-bond donors (Lipinski definition) is 2. The molecule has 194 valence electrons. The molecular weight excluding hydrogens is 548 g/mol. The summed E-state index contributed by atoms with van der Waals surface area (Å²) in [7, 11) is 0. The minimum Gasteiger partial charge on any atom is -0.451 e. The van der Waals surface area contributed by atoms with Gasteiger partial charge >= 0.3 is 6.09 Å². The van der Waals surface area contributed by atoms with E-state index in [9.17, 15) is 9.59 Å². The summed E-state index contributed by atoms with van der Waals surface area (Å²) in [6, 6.07) is 16.9. The monoisotopic (exact) mass is 574 g/mol. The number of halogens is 1. The fourth-order valence-electron chi connectivity index (χ4n) is 5.34. The van der Waals surface area contributed by atoms with Gasteiger partial charge in [0.2, 0.25) is 0 Å². The van der Waals surface area contributed by atoms with Crippen molar-refractivity contribution in [3.05, 3.63) is 71.5 Å². The third-order valence-corrected chi connectivity index (χ3v) is 8.07. The van der Waals surface area contributed by atoms with Crippen molar-refractivity contribution in [3.8, 4) is 5.75 Å². The molecule has 1 fully saturated rings. The van der Waals surface area contributed by atoms with E-state index in [-0.39, 0.29) is 23.7 Å². The summed E-state index contributed by atoms with van der Waals surface area (Å²) in [5.74, 6) is 0.474. The molecule has 8 nitrogen and oxygen atoms in total. The second-order valence-electron chi connectivity index (χ2n) is 9.71. The van der Waals surface area contributed by atoms with Crippen LogP contribution >= 0.6 is 15.9 Å². The van der Waals surface area contributed by atoms with E-state index < -0.39 is 0 Å². The molecule has 0 spiro atoms. The van der Waals surface area contributed by atoms with Crippen molar-refractivity contribution < 1.29 is 18.7 Å². The van der Waals surface area contributed by atoms with Crippen molar-refractivity contribution in [2.75, 3.05) is 43.0 Å². The third kappa shape index (κ3) is 4.25. The molecule has 2 amide bonds. The van der Waals surface area contributed by atoms with Gasteiger partial charge in [-0.1, -0.05) is 40.2 Å². The lowest BCUT2D eigenvalue weighted by atomic mass is 9.95. The van der Waals surface area contributed by atoms with Crippen LogP contribution in [0.2, 0.25) is 0 Å². The Labute approximate surface area is 228 Å². The zero-order valence-electron chi connectivity index (χ0n) is 20.9. The van der Waals surface area contributed by atoms with Crippen LogP contribution in [-0.4, -0.2) is 60.7 Å². The minimum atomic E-state index is -0.390. The number of anilines is 1. The SMILES string of the molecule is CC(=N)c1ccc2oc(C(=O)N3C[C@@H](CBr)c4c3cc(OC(=O)N3CCNCC3)c3ccccc43)cc2c1. The zero-order chi connectivity index (χ0) is 26.4. The maximum Gasteiger partial charge on any atom is 0.415 e. The second kappa shape index (κ2) is 9.89. The average Bonchev–Trinajstić information content (AvgIpc) is 3.54. The van der Waals surface area contributed by atoms with E-state index in [1.165, 1.54) is 0 Å². The quantitative estimate of drug-likeness (QED) is 0.247. The first-order valence-corrected chi connectivity index (χ1v) is 13.8. The maximum atomic E-state index is 13.8. The molecule has 1 aromatic heterocycles. The first-order chi connectivity index (χ1) is 18.4. The summed E-state index contributed by atoms with van der Waals surface area (Å²) >= 11 is 3.65. The predicted octanol–water partition coefficient (Wildman–Crippen LogP) is 5.52. The van der Waals surface area contributed by atoms with E-state index in [0.717, 1.165) is 46.1 Å². The van der Waals surface area contributed by atoms with Gasteiger partial charge in [0.25, 0.3) is 5.91 Å². The Morgan fingerprint density at radius 1 is 1.11 bits per heavy atom. The summed E-state index contributed by atoms with van der Waals surface area (Å²) in [5, 5.41) is 14.4. The van der Waals surface area contributed by atoms with Gasteiger partial charge in [-0.05, 0) is 47.7 Å². The Morgan fingerprint density at radius 3 is 2.61 bits per heavy atom. The number of nitrogens with zero attached hydrogens (tertiary/aromatic N) is 2. The number of carbonyl (C=O) groups is 2. The van der Waals surface area contributed by atoms with Gasteiger partial charge in [-0.25, -0.2) is 4.79 Å². The summed E-state index contributed by atoms with van der Waals surface area (Å²) in [5.41, 5.74) is 3.59. The normalized spacial score (nSPS) is 17.2. The first kappa shape index (κ1) is 24.6. The van der Waals surface area contributed by atoms with Crippen LogP contribution in [0.1, 0.15) is 34.5 Å². The highest BCUT2D eigenvalue weighted by Gasteiger charge is 2.36. The predicted molar refractivity (Wildman–Crippen MR) is 151 cm³/mol. The number of nitrogens with one attached hydrogen (secondary N) is 2. The number of amides is 2. The molecule has 3 heterocycles. The molecule has 1 saturated heterocycles. The topological polar surface area (TPSA) is 98.9 Å². The molecule has 6 rings (SSSR count). The lowest BCUT2D eigenvalue weighted by molar-refractivity contribution is 0.0964. The molecule has 2 N–H and O–H groups in total. The summed E-state index contributed by atoms with van der Waals surface area (Å²) in [6.45, 7) is 4.83. The molecule has 3 aromatic carbocycles. The number of furan rings is 1. The molecule has 2 aliphatic heterocycles. The van der Waals surface area contributed by atoms with E-state index in [4.69, 9.17) is 14.6 Å². The number of piperazine rings is 1. The molecule has 9 heteroatoms. The van der Waals surface area contributed by atoms with Gasteiger partial charge in [0.15, 0.2) is 5.76 Å². The van der Waals surface area contributed by atoms with Gasteiger partial charge < -0.3 is 29.7 Å². The second-order valence-corrected chi connectivity index (χ2v) is 10.4. The number of fused-ring (bicyclic) bond motifs is 4. The van der Waals surface area contributed by atoms with Gasteiger partial charge in [-0.2, -0.15) is 0 Å². The van der Waals surface area contributed by atoms with Crippen LogP contribution in [0.4, 0.5) is 10.5 Å². The van der Waals surface area contributed by atoms with Crippen LogP contribution in [0.25, 0.3) is 21.7 Å². The Balaban J connectivity index is 1.41. The van der Waals surface area contributed by atoms with Crippen molar-refractivity contribution >= 4 is 61.1 Å². The van der Waals surface area contributed by atoms with Crippen molar-refractivity contribution in [1.29, 1.82) is 5.41 Å². The number of alkyl halides is 1. The highest BCUT2D eigenvalue weighted by atomic mass is 79.9. The smallest absolute Gasteiger partial charge is 0.415 e. The third-order valence-electron chi connectivity index (χ3n) is 7.29. The van der Waals surface area contributed by atoms with E-state index >= 15 is 0 Å². The van der Waals surface area contributed by atoms with Gasteiger partial charge in [0.05, 0.1) is 5.69 Å². The van der Waals surface area contributed by atoms with Crippen molar-refractivity contribution in [2.24, 2.45) is 0 Å². The number of hydrogen-bond acceptors (Lipinski definition) is 6. The van der Waals surface area contributed by atoms with Crippen LogP contribution in [0.5, 0.6) is 5.75 Å². The van der Waals surface area contributed by atoms with Gasteiger partial charge in [0, 0.05) is 66.5 Å². The zero-order valence-corrected chi connectivity index (χ0v) is 22.5. The molecule has 38 heavy (non-hydrogen) atoms. The molecule has 2 aliphatic rings. The summed E-state index contributed by atoms with van der Waals surface area (Å²) in [6.07, 6.45) is -0.390. The molecule has 0 saturated carbocycles. The molecule has 0 bridgehead atoms. The number of carbonyl (C=O) groups excluding carboxylic acids is 2. The summed E-state index contributed by atoms with van der Waals surface area (Å²) in [4.78, 5) is 30.2. The van der Waals surface area contributed by atoms with Crippen LogP contribution in [0.15, 0.2) is 59.0 Å². The number of ether oxygens (including phenoxy) is 1. The van der Waals surface area contributed by atoms with Crippen molar-refractivity contribution in [3.63, 3.8) is 0 Å². The van der Waals surface area contributed by atoms with E-state index in [2.05, 4.69) is 21.2 Å². The maximum absolute atomic E-state index is 13.8. The molecule has 0 radical (unpaired) electrons. The number of rotatable bonds is 4. The van der Waals surface area contributed by atoms with Crippen molar-refractivity contribution in [2.45, 2.75) is 12.8 Å². The van der Waals surface area contributed by atoms with E-state index in [1.54, 1.807) is 28.9 Å². The van der Waals surface area contributed by atoms with Crippen LogP contribution in [0.3, 0.4) is 0 Å². The largest absolute Gasteiger partial charge is 0.451 e. The highest BCUT2D eigenvalue weighted by molar-refractivity contribution is 9.09. The lowest BCUT2D eigenvalue weighted by Crippen LogP contribution is -2.47. The van der Waals surface area contributed by atoms with Crippen LogP contribution < -0.4 is 15.0 Å². The van der Waals surface area contributed by atoms with E-state index in [0.29, 0.717) is 42.0 Å². The number of benzene rings is 3. The molecular formula is C29H27BrN4O4. The minimum absolute atomic E-state index is 0.0633. The Morgan fingerprint density at radius 2 is 1.87 bits per heavy atom. The lowest BCUT2D eigenvalue weighted by Gasteiger charge is -2.27. The van der Waals surface area contributed by atoms with Crippen LogP contribution in [-0.2, 0) is 0 Å². The average molecular weight is 575 g/mol. The molecule has 0 unspecified atom stereocenters. The van der Waals surface area contributed by atoms with E-state index in [1.807, 2.05) is 42.5 Å². The van der Waals surface area contributed by atoms with Crippen LogP contribution in [0, 0.1) is 5.41 Å².